The average Bonchev–Trinajstić information content (AvgIpc) is 2.37. The van der Waals surface area contributed by atoms with Crippen LogP contribution >= 0.6 is 0 Å². The van der Waals surface area contributed by atoms with Crippen molar-refractivity contribution >= 4 is 5.82 Å². The van der Waals surface area contributed by atoms with E-state index in [-0.39, 0.29) is 11.9 Å². The molecule has 0 amide bonds. The third-order valence-corrected chi connectivity index (χ3v) is 2.92. The van der Waals surface area contributed by atoms with E-state index in [0.717, 1.165) is 11.1 Å². The Bertz CT molecular complexity index is 528. The highest BCUT2D eigenvalue weighted by Gasteiger charge is 2.13. The van der Waals surface area contributed by atoms with Gasteiger partial charge in [0.05, 0.1) is 0 Å². The van der Waals surface area contributed by atoms with Gasteiger partial charge in [0.1, 0.15) is 11.6 Å². The smallest absolute Gasteiger partial charge is 0.128 e. The number of aromatic nitrogens is 1. The van der Waals surface area contributed by atoms with Crippen molar-refractivity contribution in [3.8, 4) is 0 Å². The van der Waals surface area contributed by atoms with Crippen LogP contribution in [0.1, 0.15) is 17.2 Å². The number of nitrogens with two attached hydrogens (primary N) is 1. The molecule has 94 valence electrons. The van der Waals surface area contributed by atoms with Gasteiger partial charge in [0.2, 0.25) is 0 Å². The Hall–Kier alpha value is -1.94. The summed E-state index contributed by atoms with van der Waals surface area (Å²) in [6, 6.07) is 10.4. The molecule has 3 N–H and O–H groups in total. The summed E-state index contributed by atoms with van der Waals surface area (Å²) in [4.78, 5) is 4.07. The number of likely N-dealkylation sites (N-methyl/N-ethyl adjacent to an activating group) is 1. The van der Waals surface area contributed by atoms with Crippen molar-refractivity contribution in [1.82, 2.24) is 10.3 Å². The van der Waals surface area contributed by atoms with Gasteiger partial charge in [-0.25, -0.2) is 9.37 Å². The summed E-state index contributed by atoms with van der Waals surface area (Å²) < 4.78 is 13.1. The van der Waals surface area contributed by atoms with E-state index in [0.29, 0.717) is 12.2 Å². The molecule has 4 heteroatoms. The second kappa shape index (κ2) is 5.60. The van der Waals surface area contributed by atoms with Gasteiger partial charge in [0.15, 0.2) is 0 Å². The van der Waals surface area contributed by atoms with Crippen molar-refractivity contribution in [3.05, 3.63) is 59.5 Å². The van der Waals surface area contributed by atoms with Crippen molar-refractivity contribution in [2.45, 2.75) is 12.5 Å². The normalized spacial score (nSPS) is 12.3. The monoisotopic (exact) mass is 245 g/mol. The maximum Gasteiger partial charge on any atom is 0.128 e. The van der Waals surface area contributed by atoms with Crippen LogP contribution in [0.5, 0.6) is 0 Å². The molecule has 0 spiro atoms. The lowest BCUT2D eigenvalue weighted by molar-refractivity contribution is 0.584. The molecule has 0 saturated carbocycles. The highest BCUT2D eigenvalue weighted by atomic mass is 19.1. The molecular formula is C14H16FN3. The van der Waals surface area contributed by atoms with Crippen molar-refractivity contribution in [1.29, 1.82) is 0 Å². The Morgan fingerprint density at radius 2 is 2.17 bits per heavy atom. The fourth-order valence-corrected chi connectivity index (χ4v) is 1.99. The number of rotatable bonds is 4. The number of benzene rings is 1. The first-order valence-corrected chi connectivity index (χ1v) is 5.83. The third-order valence-electron chi connectivity index (χ3n) is 2.92. The van der Waals surface area contributed by atoms with Gasteiger partial charge in [-0.05, 0) is 37.2 Å². The quantitative estimate of drug-likeness (QED) is 0.869. The summed E-state index contributed by atoms with van der Waals surface area (Å²) in [6.45, 7) is 0. The van der Waals surface area contributed by atoms with E-state index in [1.165, 1.54) is 12.1 Å². The number of halogens is 1. The molecule has 1 heterocycles. The van der Waals surface area contributed by atoms with Crippen LogP contribution in [0.3, 0.4) is 0 Å². The first-order chi connectivity index (χ1) is 8.70. The Morgan fingerprint density at radius 1 is 1.33 bits per heavy atom. The minimum Gasteiger partial charge on any atom is -0.383 e. The van der Waals surface area contributed by atoms with Crippen LogP contribution in [-0.2, 0) is 6.42 Å². The molecule has 0 aliphatic carbocycles. The molecule has 2 rings (SSSR count). The first kappa shape index (κ1) is 12.5. The van der Waals surface area contributed by atoms with Gasteiger partial charge < -0.3 is 11.1 Å². The minimum absolute atomic E-state index is 0.0282. The van der Waals surface area contributed by atoms with Gasteiger partial charge in [-0.2, -0.15) is 0 Å². The minimum atomic E-state index is -0.221. The zero-order valence-electron chi connectivity index (χ0n) is 10.2. The van der Waals surface area contributed by atoms with Gasteiger partial charge in [0.25, 0.3) is 0 Å². The topological polar surface area (TPSA) is 50.9 Å². The van der Waals surface area contributed by atoms with Crippen molar-refractivity contribution in [3.63, 3.8) is 0 Å². The molecule has 0 bridgehead atoms. The maximum atomic E-state index is 13.1. The molecule has 0 fully saturated rings. The lowest BCUT2D eigenvalue weighted by atomic mass is 9.99. The predicted molar refractivity (Wildman–Crippen MR) is 70.6 cm³/mol. The highest BCUT2D eigenvalue weighted by Crippen LogP contribution is 2.22. The largest absolute Gasteiger partial charge is 0.383 e. The summed E-state index contributed by atoms with van der Waals surface area (Å²) in [5.74, 6) is 0.287. The zero-order valence-corrected chi connectivity index (χ0v) is 10.2. The summed E-state index contributed by atoms with van der Waals surface area (Å²) in [5, 5.41) is 3.18. The molecule has 0 aliphatic rings. The fraction of sp³-hybridized carbons (Fsp3) is 0.214. The highest BCUT2D eigenvalue weighted by molar-refractivity contribution is 5.41. The van der Waals surface area contributed by atoms with E-state index in [1.807, 2.05) is 25.2 Å². The van der Waals surface area contributed by atoms with E-state index in [2.05, 4.69) is 10.3 Å². The molecular weight excluding hydrogens is 229 g/mol. The summed E-state index contributed by atoms with van der Waals surface area (Å²) in [6.07, 6.45) is 2.33. The first-order valence-electron chi connectivity index (χ1n) is 5.83. The predicted octanol–water partition coefficient (Wildman–Crippen LogP) is 2.31. The Balaban J connectivity index is 2.23. The molecule has 2 aromatic rings. The van der Waals surface area contributed by atoms with Crippen LogP contribution in [0.15, 0.2) is 42.6 Å². The van der Waals surface area contributed by atoms with Gasteiger partial charge in [-0.3, -0.25) is 0 Å². The van der Waals surface area contributed by atoms with Crippen molar-refractivity contribution < 1.29 is 4.39 Å². The summed E-state index contributed by atoms with van der Waals surface area (Å²) >= 11 is 0. The summed E-state index contributed by atoms with van der Waals surface area (Å²) in [7, 11) is 1.86. The van der Waals surface area contributed by atoms with Gasteiger partial charge in [-0.1, -0.05) is 18.2 Å². The zero-order chi connectivity index (χ0) is 13.0. The van der Waals surface area contributed by atoms with Crippen molar-refractivity contribution in [2.75, 3.05) is 12.8 Å². The van der Waals surface area contributed by atoms with E-state index in [9.17, 15) is 4.39 Å². The van der Waals surface area contributed by atoms with Crippen LogP contribution in [0.2, 0.25) is 0 Å². The Kier molecular flexibility index (Phi) is 3.89. The standard InChI is InChI=1S/C14H16FN3/c1-17-13(12-6-3-7-18-14(12)16)9-10-4-2-5-11(15)8-10/h2-8,13,17H,9H2,1H3,(H2,16,18). The molecule has 18 heavy (non-hydrogen) atoms. The number of nitrogen functional groups attached to an aromatic ring is 1. The molecule has 1 aromatic heterocycles. The Labute approximate surface area is 106 Å². The molecule has 3 nitrogen and oxygen atoms in total. The Morgan fingerprint density at radius 3 is 2.83 bits per heavy atom. The molecule has 1 atom stereocenters. The van der Waals surface area contributed by atoms with Gasteiger partial charge >= 0.3 is 0 Å². The van der Waals surface area contributed by atoms with Gasteiger partial charge in [0, 0.05) is 17.8 Å². The molecule has 1 aromatic carbocycles. The van der Waals surface area contributed by atoms with Gasteiger partial charge in [-0.15, -0.1) is 0 Å². The van der Waals surface area contributed by atoms with Crippen LogP contribution in [0.4, 0.5) is 10.2 Å². The van der Waals surface area contributed by atoms with E-state index < -0.39 is 0 Å². The van der Waals surface area contributed by atoms with Crippen LogP contribution in [0.25, 0.3) is 0 Å². The number of nitrogens with zero attached hydrogens (tertiary/aromatic N) is 1. The second-order valence-electron chi connectivity index (χ2n) is 4.15. The van der Waals surface area contributed by atoms with E-state index in [1.54, 1.807) is 12.3 Å². The lowest BCUT2D eigenvalue weighted by Crippen LogP contribution is -2.20. The van der Waals surface area contributed by atoms with Crippen LogP contribution in [-0.4, -0.2) is 12.0 Å². The van der Waals surface area contributed by atoms with Crippen molar-refractivity contribution in [2.24, 2.45) is 0 Å². The number of nitrogens with one attached hydrogen (secondary N) is 1. The number of hydrogen-bond donors (Lipinski definition) is 2. The molecule has 0 aliphatic heterocycles. The number of anilines is 1. The van der Waals surface area contributed by atoms with Crippen LogP contribution in [0, 0.1) is 5.82 Å². The molecule has 1 unspecified atom stereocenters. The lowest BCUT2D eigenvalue weighted by Gasteiger charge is -2.18. The number of hydrogen-bond acceptors (Lipinski definition) is 3. The molecule has 0 radical (unpaired) electrons. The van der Waals surface area contributed by atoms with E-state index in [4.69, 9.17) is 5.73 Å². The second-order valence-corrected chi connectivity index (χ2v) is 4.15. The maximum absolute atomic E-state index is 13.1. The van der Waals surface area contributed by atoms with Crippen LogP contribution < -0.4 is 11.1 Å². The number of pyridine rings is 1. The van der Waals surface area contributed by atoms with E-state index >= 15 is 0 Å². The molecule has 0 saturated heterocycles. The fourth-order valence-electron chi connectivity index (χ4n) is 1.99. The average molecular weight is 245 g/mol. The SMILES string of the molecule is CNC(Cc1cccc(F)c1)c1cccnc1N. The summed E-state index contributed by atoms with van der Waals surface area (Å²) in [5.41, 5.74) is 7.72. The third kappa shape index (κ3) is 2.84.